The molecule has 0 saturated carbocycles. The normalized spacial score (nSPS) is 16.7. The minimum atomic E-state index is -0.556. The van der Waals surface area contributed by atoms with Gasteiger partial charge >= 0.3 is 0 Å². The summed E-state index contributed by atoms with van der Waals surface area (Å²) in [5, 5.41) is 10.4. The van der Waals surface area contributed by atoms with Gasteiger partial charge in [-0.15, -0.1) is 0 Å². The number of fused-ring (bicyclic) bond motifs is 3. The lowest BCUT2D eigenvalue weighted by Crippen LogP contribution is -2.30. The second-order valence-electron chi connectivity index (χ2n) is 5.35. The first-order valence-electron chi connectivity index (χ1n) is 6.95. The highest BCUT2D eigenvalue weighted by Gasteiger charge is 2.34. The maximum Gasteiger partial charge on any atom is 0.249 e. The number of aromatic nitrogens is 1. The summed E-state index contributed by atoms with van der Waals surface area (Å²) < 4.78 is 5.26. The third kappa shape index (κ3) is 2.29. The van der Waals surface area contributed by atoms with Gasteiger partial charge in [0.25, 0.3) is 0 Å². The van der Waals surface area contributed by atoms with Crippen LogP contribution in [0.2, 0.25) is 10.0 Å². The third-order valence-corrected chi connectivity index (χ3v) is 5.03. The number of hydrogen-bond acceptors (Lipinski definition) is 5. The Balaban J connectivity index is 2.32. The van der Waals surface area contributed by atoms with Crippen molar-refractivity contribution in [2.75, 3.05) is 19.5 Å². The molecule has 1 amide bonds. The first-order chi connectivity index (χ1) is 10.9. The van der Waals surface area contributed by atoms with Crippen molar-refractivity contribution in [3.8, 4) is 5.75 Å². The lowest BCUT2D eigenvalue weighted by molar-refractivity contribution is -0.136. The number of aliphatic hydroxyl groups is 1. The molecule has 0 unspecified atom stereocenters. The highest BCUT2D eigenvalue weighted by Crippen LogP contribution is 2.45. The Morgan fingerprint density at radius 2 is 2.22 bits per heavy atom. The zero-order valence-electron chi connectivity index (χ0n) is 12.6. The number of carbonyl (C=O) groups is 1. The second kappa shape index (κ2) is 5.70. The molecular weight excluding hydrogens is 341 g/mol. The van der Waals surface area contributed by atoms with Crippen LogP contribution in [0.5, 0.6) is 5.75 Å². The van der Waals surface area contributed by atoms with E-state index in [4.69, 9.17) is 38.8 Å². The highest BCUT2D eigenvalue weighted by atomic mass is 35.5. The van der Waals surface area contributed by atoms with Gasteiger partial charge in [-0.05, 0) is 18.6 Å². The van der Waals surface area contributed by atoms with Crippen LogP contribution in [0, 0.1) is 0 Å². The Hall–Kier alpha value is -1.76. The van der Waals surface area contributed by atoms with Crippen LogP contribution in [0.15, 0.2) is 6.07 Å². The molecule has 23 heavy (non-hydrogen) atoms. The summed E-state index contributed by atoms with van der Waals surface area (Å²) in [5.74, 6) is 0.362. The van der Waals surface area contributed by atoms with E-state index in [0.717, 1.165) is 16.5 Å². The largest absolute Gasteiger partial charge is 0.495 e. The molecule has 1 aliphatic heterocycles. The fourth-order valence-electron chi connectivity index (χ4n) is 3.05. The molecule has 122 valence electrons. The predicted molar refractivity (Wildman–Crippen MR) is 88.8 cm³/mol. The number of carbonyl (C=O) groups excluding carboxylic acids is 1. The average molecular weight is 356 g/mol. The number of aliphatic hydroxyl groups excluding tert-OH is 1. The van der Waals surface area contributed by atoms with Gasteiger partial charge in [0.15, 0.2) is 0 Å². The maximum atomic E-state index is 11.9. The van der Waals surface area contributed by atoms with E-state index in [-0.39, 0.29) is 22.0 Å². The van der Waals surface area contributed by atoms with Crippen molar-refractivity contribution in [3.05, 3.63) is 27.2 Å². The zero-order chi connectivity index (χ0) is 16.9. The highest BCUT2D eigenvalue weighted by molar-refractivity contribution is 6.46. The van der Waals surface area contributed by atoms with Crippen LogP contribution in [0.3, 0.4) is 0 Å². The van der Waals surface area contributed by atoms with Crippen molar-refractivity contribution in [2.45, 2.75) is 19.5 Å². The Labute approximate surface area is 142 Å². The van der Waals surface area contributed by atoms with Crippen LogP contribution in [0.4, 0.5) is 5.82 Å². The fourth-order valence-corrected chi connectivity index (χ4v) is 3.50. The Bertz CT molecular complexity index is 826. The molecule has 0 saturated heterocycles. The van der Waals surface area contributed by atoms with E-state index in [9.17, 15) is 4.79 Å². The average Bonchev–Trinajstić information content (AvgIpc) is 2.89. The van der Waals surface area contributed by atoms with Gasteiger partial charge in [-0.2, -0.15) is 0 Å². The molecule has 0 fully saturated rings. The SMILES string of the molecule is COc1cc2c3c(c(N)nc2c(Cl)c1Cl)CN(C(=O)CO)[C@H]3C. The summed E-state index contributed by atoms with van der Waals surface area (Å²) in [6.45, 7) is 1.61. The van der Waals surface area contributed by atoms with Gasteiger partial charge in [-0.3, -0.25) is 4.79 Å². The summed E-state index contributed by atoms with van der Waals surface area (Å²) in [6.07, 6.45) is 0. The van der Waals surface area contributed by atoms with Gasteiger partial charge in [0.2, 0.25) is 5.91 Å². The first kappa shape index (κ1) is 16.1. The number of halogens is 2. The number of anilines is 1. The molecule has 1 atom stereocenters. The third-order valence-electron chi connectivity index (χ3n) is 4.19. The van der Waals surface area contributed by atoms with E-state index in [1.165, 1.54) is 7.11 Å². The lowest BCUT2D eigenvalue weighted by atomic mass is 10.00. The molecule has 3 N–H and O–H groups in total. The summed E-state index contributed by atoms with van der Waals surface area (Å²) in [4.78, 5) is 17.8. The van der Waals surface area contributed by atoms with Crippen molar-refractivity contribution in [1.29, 1.82) is 0 Å². The predicted octanol–water partition coefficient (Wildman–Crippen LogP) is 2.53. The van der Waals surface area contributed by atoms with Gasteiger partial charge < -0.3 is 20.5 Å². The fraction of sp³-hybridized carbons (Fsp3) is 0.333. The standard InChI is InChI=1S/C15H15Cl2N3O3/c1-6-11-7-3-9(23-2)12(16)13(17)14(7)19-15(18)8(11)4-20(6)10(22)5-21/h3,6,21H,4-5H2,1-2H3,(H2,18,19)/t6-/m0/s1. The molecule has 2 aromatic rings. The summed E-state index contributed by atoms with van der Waals surface area (Å²) in [6, 6.07) is 1.48. The topological polar surface area (TPSA) is 88.7 Å². The molecule has 0 bridgehead atoms. The van der Waals surface area contributed by atoms with Crippen LogP contribution in [0.1, 0.15) is 24.1 Å². The quantitative estimate of drug-likeness (QED) is 0.863. The monoisotopic (exact) mass is 355 g/mol. The van der Waals surface area contributed by atoms with Gasteiger partial charge in [0, 0.05) is 10.9 Å². The van der Waals surface area contributed by atoms with Crippen LogP contribution in [-0.4, -0.2) is 34.6 Å². The molecule has 0 radical (unpaired) electrons. The van der Waals surface area contributed by atoms with E-state index in [2.05, 4.69) is 4.98 Å². The zero-order valence-corrected chi connectivity index (χ0v) is 14.1. The van der Waals surface area contributed by atoms with Crippen molar-refractivity contribution in [1.82, 2.24) is 9.88 Å². The van der Waals surface area contributed by atoms with Crippen LogP contribution in [0.25, 0.3) is 10.9 Å². The smallest absolute Gasteiger partial charge is 0.249 e. The van der Waals surface area contributed by atoms with Gasteiger partial charge in [-0.25, -0.2) is 4.98 Å². The molecule has 1 aromatic heterocycles. The number of benzene rings is 1. The van der Waals surface area contributed by atoms with Gasteiger partial charge in [-0.1, -0.05) is 23.2 Å². The summed E-state index contributed by atoms with van der Waals surface area (Å²) in [7, 11) is 1.50. The Morgan fingerprint density at radius 3 is 2.83 bits per heavy atom. The number of nitrogens with zero attached hydrogens (tertiary/aromatic N) is 2. The summed E-state index contributed by atoms with van der Waals surface area (Å²) >= 11 is 12.5. The van der Waals surface area contributed by atoms with E-state index in [1.54, 1.807) is 11.0 Å². The second-order valence-corrected chi connectivity index (χ2v) is 6.10. The van der Waals surface area contributed by atoms with Crippen LogP contribution in [-0.2, 0) is 11.3 Å². The number of ether oxygens (including phenoxy) is 1. The molecule has 0 aliphatic carbocycles. The van der Waals surface area contributed by atoms with Crippen molar-refractivity contribution in [2.24, 2.45) is 0 Å². The first-order valence-corrected chi connectivity index (χ1v) is 7.70. The molecule has 2 heterocycles. The molecule has 3 rings (SSSR count). The molecular formula is C15H15Cl2N3O3. The van der Waals surface area contributed by atoms with E-state index in [1.807, 2.05) is 6.92 Å². The van der Waals surface area contributed by atoms with Crippen LogP contribution < -0.4 is 10.5 Å². The minimum Gasteiger partial charge on any atom is -0.495 e. The number of hydrogen-bond donors (Lipinski definition) is 2. The van der Waals surface area contributed by atoms with Crippen LogP contribution >= 0.6 is 23.2 Å². The number of amides is 1. The Morgan fingerprint density at radius 1 is 1.52 bits per heavy atom. The molecule has 8 heteroatoms. The number of nitrogen functional groups attached to an aromatic ring is 1. The van der Waals surface area contributed by atoms with Crippen molar-refractivity contribution < 1.29 is 14.6 Å². The molecule has 6 nitrogen and oxygen atoms in total. The number of methoxy groups -OCH3 is 1. The van der Waals surface area contributed by atoms with E-state index >= 15 is 0 Å². The lowest BCUT2D eigenvalue weighted by Gasteiger charge is -2.21. The summed E-state index contributed by atoms with van der Waals surface area (Å²) in [5.41, 5.74) is 8.13. The van der Waals surface area contributed by atoms with Crippen molar-refractivity contribution >= 4 is 45.8 Å². The number of nitrogens with two attached hydrogens (primary N) is 1. The van der Waals surface area contributed by atoms with Crippen molar-refractivity contribution in [3.63, 3.8) is 0 Å². The number of rotatable bonds is 2. The molecule has 1 aromatic carbocycles. The van der Waals surface area contributed by atoms with E-state index < -0.39 is 6.61 Å². The van der Waals surface area contributed by atoms with Gasteiger partial charge in [0.05, 0.1) is 30.2 Å². The minimum absolute atomic E-state index is 0.259. The number of pyridine rings is 1. The molecule has 1 aliphatic rings. The molecule has 0 spiro atoms. The van der Waals surface area contributed by atoms with Gasteiger partial charge in [0.1, 0.15) is 23.2 Å². The van der Waals surface area contributed by atoms with E-state index in [0.29, 0.717) is 23.6 Å². The Kier molecular flexibility index (Phi) is 4.00. The maximum absolute atomic E-state index is 11.9.